The Morgan fingerprint density at radius 3 is 2.86 bits per heavy atom. The molecule has 2 aromatic rings. The maximum absolute atomic E-state index is 12.1. The van der Waals surface area contributed by atoms with Gasteiger partial charge in [0, 0.05) is 17.1 Å². The van der Waals surface area contributed by atoms with Crippen molar-refractivity contribution in [1.82, 2.24) is 10.2 Å². The van der Waals surface area contributed by atoms with E-state index in [1.165, 1.54) is 0 Å². The minimum atomic E-state index is -0.268. The smallest absolute Gasteiger partial charge is 0.322 e. The van der Waals surface area contributed by atoms with Crippen molar-refractivity contribution in [2.24, 2.45) is 0 Å². The summed E-state index contributed by atoms with van der Waals surface area (Å²) in [6.07, 6.45) is 1.70. The third-order valence-electron chi connectivity index (χ3n) is 3.29. The molecule has 7 heteroatoms. The van der Waals surface area contributed by atoms with Gasteiger partial charge in [-0.3, -0.25) is 10.1 Å². The molecule has 1 aliphatic rings. The van der Waals surface area contributed by atoms with E-state index in [2.05, 4.69) is 22.4 Å². The van der Waals surface area contributed by atoms with Crippen molar-refractivity contribution < 1.29 is 13.9 Å². The molecule has 1 fully saturated rings. The van der Waals surface area contributed by atoms with Crippen LogP contribution >= 0.6 is 11.8 Å². The molecule has 0 bridgehead atoms. The summed E-state index contributed by atoms with van der Waals surface area (Å²) in [6.45, 7) is 2.80. The summed E-state index contributed by atoms with van der Waals surface area (Å²) in [4.78, 5) is 13.3. The molecule has 1 aromatic heterocycles. The van der Waals surface area contributed by atoms with Crippen LogP contribution in [0.25, 0.3) is 0 Å². The summed E-state index contributed by atoms with van der Waals surface area (Å²) < 4.78 is 10.9. The zero-order chi connectivity index (χ0) is 15.4. The summed E-state index contributed by atoms with van der Waals surface area (Å²) >= 11 is 1.73. The molecule has 1 aromatic carbocycles. The lowest BCUT2D eigenvalue weighted by Crippen LogP contribution is -2.11. The third-order valence-corrected chi connectivity index (χ3v) is 4.19. The van der Waals surface area contributed by atoms with Crippen LogP contribution in [0.4, 0.5) is 6.01 Å². The van der Waals surface area contributed by atoms with Crippen molar-refractivity contribution in [3.63, 3.8) is 0 Å². The molecule has 116 valence electrons. The Bertz CT molecular complexity index is 636. The molecule has 2 heterocycles. The molecule has 3 rings (SSSR count). The number of benzene rings is 1. The number of carbonyl (C=O) groups excluding carboxylic acids is 1. The Kier molecular flexibility index (Phi) is 4.74. The van der Waals surface area contributed by atoms with Gasteiger partial charge in [0.2, 0.25) is 5.89 Å². The van der Waals surface area contributed by atoms with Crippen LogP contribution in [0.15, 0.2) is 33.6 Å². The first-order valence-corrected chi connectivity index (χ1v) is 8.24. The maximum Gasteiger partial charge on any atom is 0.322 e. The minimum Gasteiger partial charge on any atom is -0.405 e. The van der Waals surface area contributed by atoms with Crippen LogP contribution in [0, 0.1) is 0 Å². The predicted molar refractivity (Wildman–Crippen MR) is 83.0 cm³/mol. The summed E-state index contributed by atoms with van der Waals surface area (Å²) in [6, 6.07) is 7.51. The summed E-state index contributed by atoms with van der Waals surface area (Å²) in [5, 5.41) is 10.4. The van der Waals surface area contributed by atoms with E-state index in [0.29, 0.717) is 18.1 Å². The molecule has 1 N–H and O–H groups in total. The molecule has 0 radical (unpaired) electrons. The van der Waals surface area contributed by atoms with E-state index in [1.54, 1.807) is 23.9 Å². The number of anilines is 1. The van der Waals surface area contributed by atoms with Gasteiger partial charge in [0.05, 0.1) is 0 Å². The quantitative estimate of drug-likeness (QED) is 0.852. The lowest BCUT2D eigenvalue weighted by molar-refractivity contribution is 0.0893. The van der Waals surface area contributed by atoms with Crippen LogP contribution < -0.4 is 5.32 Å². The number of hydrogen-bond donors (Lipinski definition) is 1. The molecule has 1 amide bonds. The van der Waals surface area contributed by atoms with Crippen molar-refractivity contribution in [1.29, 1.82) is 0 Å². The summed E-state index contributed by atoms with van der Waals surface area (Å²) in [7, 11) is 0. The standard InChI is InChI=1S/C15H17N3O3S/c1-2-22-11-7-5-10(6-8-11)13(19)16-15-18-17-14(21-15)12-4-3-9-20-12/h5-8,12H,2-4,9H2,1H3,(H,16,18,19). The maximum atomic E-state index is 12.1. The van der Waals surface area contributed by atoms with Crippen LogP contribution in [0.5, 0.6) is 0 Å². The highest BCUT2D eigenvalue weighted by molar-refractivity contribution is 7.99. The van der Waals surface area contributed by atoms with Crippen LogP contribution in [0.3, 0.4) is 0 Å². The topological polar surface area (TPSA) is 77.2 Å². The average molecular weight is 319 g/mol. The number of thioether (sulfide) groups is 1. The fourth-order valence-electron chi connectivity index (χ4n) is 2.23. The van der Waals surface area contributed by atoms with Gasteiger partial charge in [-0.05, 0) is 42.9 Å². The molecule has 22 heavy (non-hydrogen) atoms. The number of amides is 1. The molecule has 0 spiro atoms. The van der Waals surface area contributed by atoms with E-state index in [0.717, 1.165) is 23.5 Å². The Morgan fingerprint density at radius 1 is 1.36 bits per heavy atom. The highest BCUT2D eigenvalue weighted by atomic mass is 32.2. The second-order valence-corrected chi connectivity index (χ2v) is 6.20. The van der Waals surface area contributed by atoms with Gasteiger partial charge >= 0.3 is 6.01 Å². The monoisotopic (exact) mass is 319 g/mol. The van der Waals surface area contributed by atoms with Gasteiger partial charge < -0.3 is 9.15 Å². The molecular weight excluding hydrogens is 302 g/mol. The first-order valence-electron chi connectivity index (χ1n) is 7.25. The number of carbonyl (C=O) groups is 1. The summed E-state index contributed by atoms with van der Waals surface area (Å²) in [5.74, 6) is 1.15. The first-order chi connectivity index (χ1) is 10.8. The molecule has 1 saturated heterocycles. The minimum absolute atomic E-state index is 0.0995. The van der Waals surface area contributed by atoms with E-state index in [1.807, 2.05) is 12.1 Å². The van der Waals surface area contributed by atoms with Crippen molar-refractivity contribution in [3.05, 3.63) is 35.7 Å². The second kappa shape index (κ2) is 6.93. The zero-order valence-corrected chi connectivity index (χ0v) is 13.1. The largest absolute Gasteiger partial charge is 0.405 e. The van der Waals surface area contributed by atoms with E-state index >= 15 is 0 Å². The molecule has 0 aliphatic carbocycles. The third kappa shape index (κ3) is 3.48. The Morgan fingerprint density at radius 2 is 2.18 bits per heavy atom. The first kappa shape index (κ1) is 15.1. The Hall–Kier alpha value is -1.86. The molecule has 1 aliphatic heterocycles. The molecule has 1 unspecified atom stereocenters. The lowest BCUT2D eigenvalue weighted by Gasteiger charge is -2.03. The molecule has 0 saturated carbocycles. The van der Waals surface area contributed by atoms with Crippen LogP contribution in [-0.4, -0.2) is 28.5 Å². The van der Waals surface area contributed by atoms with Gasteiger partial charge in [0.25, 0.3) is 5.91 Å². The van der Waals surface area contributed by atoms with E-state index in [9.17, 15) is 4.79 Å². The normalized spacial score (nSPS) is 17.6. The van der Waals surface area contributed by atoms with Crippen molar-refractivity contribution in [2.45, 2.75) is 30.8 Å². The molecule has 6 nitrogen and oxygen atoms in total. The van der Waals surface area contributed by atoms with Gasteiger partial charge in [-0.15, -0.1) is 16.9 Å². The summed E-state index contributed by atoms with van der Waals surface area (Å²) in [5.41, 5.74) is 0.553. The fraction of sp³-hybridized carbons (Fsp3) is 0.400. The van der Waals surface area contributed by atoms with Gasteiger partial charge in [0.15, 0.2) is 0 Å². The van der Waals surface area contributed by atoms with Crippen molar-refractivity contribution in [3.8, 4) is 0 Å². The van der Waals surface area contributed by atoms with E-state index in [4.69, 9.17) is 9.15 Å². The SMILES string of the molecule is CCSc1ccc(C(=O)Nc2nnc(C3CCCO3)o2)cc1. The number of rotatable bonds is 5. The zero-order valence-electron chi connectivity index (χ0n) is 12.2. The second-order valence-electron chi connectivity index (χ2n) is 4.86. The van der Waals surface area contributed by atoms with E-state index < -0.39 is 0 Å². The van der Waals surface area contributed by atoms with Crippen molar-refractivity contribution >= 4 is 23.7 Å². The number of hydrogen-bond acceptors (Lipinski definition) is 6. The van der Waals surface area contributed by atoms with Crippen molar-refractivity contribution in [2.75, 3.05) is 17.7 Å². The highest BCUT2D eigenvalue weighted by Crippen LogP contribution is 2.28. The van der Waals surface area contributed by atoms with E-state index in [-0.39, 0.29) is 18.0 Å². The van der Waals surface area contributed by atoms with Gasteiger partial charge in [-0.25, -0.2) is 0 Å². The molecular formula is C15H17N3O3S. The van der Waals surface area contributed by atoms with Gasteiger partial charge in [-0.2, -0.15) is 0 Å². The fourth-order valence-corrected chi connectivity index (χ4v) is 2.89. The Labute approximate surface area is 132 Å². The lowest BCUT2D eigenvalue weighted by atomic mass is 10.2. The van der Waals surface area contributed by atoms with Crippen LogP contribution in [0.1, 0.15) is 42.1 Å². The molecule has 1 atom stereocenters. The van der Waals surface area contributed by atoms with Gasteiger partial charge in [-0.1, -0.05) is 12.0 Å². The number of aromatic nitrogens is 2. The predicted octanol–water partition coefficient (Wildman–Crippen LogP) is 3.29. The number of nitrogens with zero attached hydrogens (tertiary/aromatic N) is 2. The van der Waals surface area contributed by atoms with Crippen LogP contribution in [0.2, 0.25) is 0 Å². The highest BCUT2D eigenvalue weighted by Gasteiger charge is 2.24. The number of nitrogens with one attached hydrogen (secondary N) is 1. The van der Waals surface area contributed by atoms with Gasteiger partial charge in [0.1, 0.15) is 6.10 Å². The number of ether oxygens (including phenoxy) is 1. The van der Waals surface area contributed by atoms with Crippen LogP contribution in [-0.2, 0) is 4.74 Å². The average Bonchev–Trinajstić information content (AvgIpc) is 3.19. The Balaban J connectivity index is 1.63.